The molecule has 2 aromatic heterocycles. The van der Waals surface area contributed by atoms with Crippen LogP contribution < -0.4 is 21.3 Å². The smallest absolute Gasteiger partial charge is 0.263 e. The minimum Gasteiger partial charge on any atom is -0.381 e. The summed E-state index contributed by atoms with van der Waals surface area (Å²) in [5.74, 6) is -0.101. The lowest BCUT2D eigenvalue weighted by molar-refractivity contribution is 0.0391. The van der Waals surface area contributed by atoms with Gasteiger partial charge in [0.1, 0.15) is 22.8 Å². The molecule has 2 aromatic rings. The molecule has 0 aromatic carbocycles. The van der Waals surface area contributed by atoms with Crippen molar-refractivity contribution in [3.8, 4) is 0 Å². The topological polar surface area (TPSA) is 148 Å². The summed E-state index contributed by atoms with van der Waals surface area (Å²) in [6.07, 6.45) is 2.02. The summed E-state index contributed by atoms with van der Waals surface area (Å²) >= 11 is 0. The van der Waals surface area contributed by atoms with Crippen molar-refractivity contribution in [2.45, 2.75) is 18.0 Å². The standard InChI is InChI=1S/C19H25FN8O4S/c20-12-7-23-18-16(17(21)25-28(18)9-12)19(29)24-14-8-22-2-1-15(14)26-3-5-27(6-4-26)33(30,31)13-10-32-11-13/h1-2,8,12-13,23H,3-7,9-11H2,(H2,21,25)(H,24,29). The normalized spacial score (nSPS) is 21.7. The molecule has 1 amide bonds. The fourth-order valence-electron chi connectivity index (χ4n) is 4.20. The molecule has 5 rings (SSSR count). The Kier molecular flexibility index (Phi) is 5.58. The van der Waals surface area contributed by atoms with Crippen molar-refractivity contribution in [1.29, 1.82) is 0 Å². The number of halogens is 1. The van der Waals surface area contributed by atoms with Crippen LogP contribution in [-0.2, 0) is 21.3 Å². The van der Waals surface area contributed by atoms with Crippen LogP contribution in [0.5, 0.6) is 0 Å². The van der Waals surface area contributed by atoms with Gasteiger partial charge in [-0.1, -0.05) is 0 Å². The van der Waals surface area contributed by atoms with Gasteiger partial charge in [0.25, 0.3) is 5.91 Å². The van der Waals surface area contributed by atoms with E-state index in [0.29, 0.717) is 37.7 Å². The molecule has 5 heterocycles. The number of hydrogen-bond acceptors (Lipinski definition) is 9. The first-order valence-corrected chi connectivity index (χ1v) is 12.2. The molecule has 14 heteroatoms. The van der Waals surface area contributed by atoms with E-state index in [0.717, 1.165) is 5.69 Å². The molecule has 0 spiro atoms. The van der Waals surface area contributed by atoms with Crippen molar-refractivity contribution < 1.29 is 22.3 Å². The monoisotopic (exact) mass is 480 g/mol. The number of ether oxygens (including phenoxy) is 1. The predicted molar refractivity (Wildman–Crippen MR) is 120 cm³/mol. The van der Waals surface area contributed by atoms with Crippen molar-refractivity contribution in [3.05, 3.63) is 24.0 Å². The van der Waals surface area contributed by atoms with Gasteiger partial charge in [-0.05, 0) is 6.07 Å². The number of carbonyl (C=O) groups is 1. The average Bonchev–Trinajstić information content (AvgIpc) is 3.07. The van der Waals surface area contributed by atoms with Crippen molar-refractivity contribution in [2.75, 3.05) is 67.2 Å². The van der Waals surface area contributed by atoms with Crippen molar-refractivity contribution in [1.82, 2.24) is 19.1 Å². The first-order valence-electron chi connectivity index (χ1n) is 10.7. The van der Waals surface area contributed by atoms with E-state index in [1.54, 1.807) is 12.3 Å². The van der Waals surface area contributed by atoms with Crippen molar-refractivity contribution in [3.63, 3.8) is 0 Å². The van der Waals surface area contributed by atoms with Crippen LogP contribution in [0.15, 0.2) is 18.5 Å². The maximum atomic E-state index is 13.7. The fraction of sp³-hybridized carbons (Fsp3) is 0.526. The molecule has 12 nitrogen and oxygen atoms in total. The van der Waals surface area contributed by atoms with Gasteiger partial charge < -0.3 is 26.0 Å². The Morgan fingerprint density at radius 3 is 2.73 bits per heavy atom. The number of alkyl halides is 1. The Morgan fingerprint density at radius 1 is 1.27 bits per heavy atom. The number of nitrogens with zero attached hydrogens (tertiary/aromatic N) is 5. The minimum absolute atomic E-state index is 0.00772. The summed E-state index contributed by atoms with van der Waals surface area (Å²) in [6, 6.07) is 1.77. The number of rotatable bonds is 5. The fourth-order valence-corrected chi connectivity index (χ4v) is 5.83. The zero-order valence-electron chi connectivity index (χ0n) is 17.8. The number of nitrogens with one attached hydrogen (secondary N) is 2. The zero-order valence-corrected chi connectivity index (χ0v) is 18.6. The molecule has 1 unspecified atom stereocenters. The summed E-state index contributed by atoms with van der Waals surface area (Å²) in [6.45, 7) is 2.19. The van der Waals surface area contributed by atoms with Gasteiger partial charge in [0, 0.05) is 38.9 Å². The highest BCUT2D eigenvalue weighted by atomic mass is 32.2. The molecule has 3 aliphatic rings. The van der Waals surface area contributed by atoms with Crippen LogP contribution >= 0.6 is 0 Å². The van der Waals surface area contributed by atoms with E-state index >= 15 is 0 Å². The lowest BCUT2D eigenvalue weighted by Gasteiger charge is -2.39. The van der Waals surface area contributed by atoms with E-state index in [9.17, 15) is 17.6 Å². The molecule has 4 N–H and O–H groups in total. The van der Waals surface area contributed by atoms with Gasteiger partial charge in [0.15, 0.2) is 5.82 Å². The minimum atomic E-state index is -3.36. The van der Waals surface area contributed by atoms with Crippen LogP contribution in [0.4, 0.5) is 27.4 Å². The second-order valence-electron chi connectivity index (χ2n) is 8.21. The Hall–Kier alpha value is -2.97. The van der Waals surface area contributed by atoms with Crippen LogP contribution in [0, 0.1) is 0 Å². The van der Waals surface area contributed by atoms with Crippen LogP contribution in [-0.4, -0.2) is 90.8 Å². The van der Waals surface area contributed by atoms with Crippen molar-refractivity contribution in [2.24, 2.45) is 0 Å². The lowest BCUT2D eigenvalue weighted by atomic mass is 10.2. The van der Waals surface area contributed by atoms with Crippen LogP contribution in [0.25, 0.3) is 0 Å². The summed E-state index contributed by atoms with van der Waals surface area (Å²) < 4.78 is 46.8. The first kappa shape index (κ1) is 21.9. The van der Waals surface area contributed by atoms with Gasteiger partial charge in [-0.3, -0.25) is 9.78 Å². The average molecular weight is 481 g/mol. The number of piperazine rings is 1. The highest BCUT2D eigenvalue weighted by molar-refractivity contribution is 7.89. The van der Waals surface area contributed by atoms with E-state index in [-0.39, 0.29) is 37.7 Å². The highest BCUT2D eigenvalue weighted by Crippen LogP contribution is 2.30. The SMILES string of the molecule is Nc1nn2c(c1C(=O)Nc1cnccc1N1CCN(S(=O)(=O)C3COC3)CC1)NCC(F)C2. The van der Waals surface area contributed by atoms with E-state index in [1.165, 1.54) is 15.2 Å². The van der Waals surface area contributed by atoms with E-state index in [2.05, 4.69) is 20.7 Å². The Balaban J connectivity index is 1.31. The number of fused-ring (bicyclic) bond motifs is 1. The lowest BCUT2D eigenvalue weighted by Crippen LogP contribution is -2.55. The molecule has 0 aliphatic carbocycles. The molecular formula is C19H25FN8O4S. The molecule has 1 atom stereocenters. The van der Waals surface area contributed by atoms with Gasteiger partial charge in [0.2, 0.25) is 10.0 Å². The Morgan fingerprint density at radius 2 is 2.03 bits per heavy atom. The zero-order chi connectivity index (χ0) is 23.2. The molecule has 33 heavy (non-hydrogen) atoms. The van der Waals surface area contributed by atoms with Crippen molar-refractivity contribution >= 4 is 38.9 Å². The third kappa shape index (κ3) is 3.98. The van der Waals surface area contributed by atoms with E-state index in [4.69, 9.17) is 10.5 Å². The molecule has 0 saturated carbocycles. The summed E-state index contributed by atoms with van der Waals surface area (Å²) in [5.41, 5.74) is 7.28. The Labute approximate surface area is 189 Å². The van der Waals surface area contributed by atoms with Gasteiger partial charge in [-0.2, -0.15) is 9.40 Å². The van der Waals surface area contributed by atoms with Crippen LogP contribution in [0.3, 0.4) is 0 Å². The molecule has 3 aliphatic heterocycles. The largest absolute Gasteiger partial charge is 0.381 e. The third-order valence-electron chi connectivity index (χ3n) is 6.08. The van der Waals surface area contributed by atoms with E-state index in [1.807, 2.05) is 4.90 Å². The van der Waals surface area contributed by atoms with Gasteiger partial charge in [0.05, 0.1) is 37.3 Å². The van der Waals surface area contributed by atoms with Gasteiger partial charge >= 0.3 is 0 Å². The Bertz CT molecular complexity index is 1160. The number of nitrogens with two attached hydrogens (primary N) is 1. The summed E-state index contributed by atoms with van der Waals surface area (Å²) in [4.78, 5) is 19.2. The summed E-state index contributed by atoms with van der Waals surface area (Å²) in [5, 5.41) is 9.31. The maximum absolute atomic E-state index is 13.7. The van der Waals surface area contributed by atoms with E-state index < -0.39 is 27.4 Å². The molecule has 178 valence electrons. The second kappa shape index (κ2) is 8.43. The number of hydrogen-bond donors (Lipinski definition) is 3. The summed E-state index contributed by atoms with van der Waals surface area (Å²) in [7, 11) is -3.36. The van der Waals surface area contributed by atoms with Crippen LogP contribution in [0.1, 0.15) is 10.4 Å². The van der Waals surface area contributed by atoms with Crippen LogP contribution in [0.2, 0.25) is 0 Å². The maximum Gasteiger partial charge on any atom is 0.263 e. The third-order valence-corrected chi connectivity index (χ3v) is 8.28. The van der Waals surface area contributed by atoms with Gasteiger partial charge in [-0.25, -0.2) is 17.5 Å². The molecule has 0 bridgehead atoms. The quantitative estimate of drug-likeness (QED) is 0.526. The number of carbonyl (C=O) groups excluding carboxylic acids is 1. The van der Waals surface area contributed by atoms with Gasteiger partial charge in [-0.15, -0.1) is 0 Å². The molecular weight excluding hydrogens is 455 g/mol. The second-order valence-corrected chi connectivity index (χ2v) is 10.4. The molecule has 2 fully saturated rings. The number of pyridine rings is 1. The molecule has 2 saturated heterocycles. The molecule has 0 radical (unpaired) electrons. The number of aromatic nitrogens is 3. The number of nitrogen functional groups attached to an aromatic ring is 1. The number of anilines is 4. The number of amides is 1. The highest BCUT2D eigenvalue weighted by Gasteiger charge is 2.39. The predicted octanol–water partition coefficient (Wildman–Crippen LogP) is -0.273. The number of sulfonamides is 1. The first-order chi connectivity index (χ1) is 15.8.